The molecule has 0 amide bonds. The fraction of sp³-hybridized carbons (Fsp3) is 0.0323. The van der Waals surface area contributed by atoms with E-state index in [-0.39, 0.29) is 0 Å². The van der Waals surface area contributed by atoms with Crippen molar-refractivity contribution in [1.82, 2.24) is 0 Å². The number of rotatable bonds is 4. The van der Waals surface area contributed by atoms with Crippen molar-refractivity contribution in [3.05, 3.63) is 133 Å². The molecule has 2 nitrogen and oxygen atoms in total. The summed E-state index contributed by atoms with van der Waals surface area (Å²) in [5.41, 5.74) is 9.82. The van der Waals surface area contributed by atoms with Gasteiger partial charge < -0.3 is 9.80 Å². The quantitative estimate of drug-likeness (QED) is 0.286. The predicted octanol–water partition coefficient (Wildman–Crippen LogP) is 8.27. The highest BCUT2D eigenvalue weighted by Crippen LogP contribution is 2.44. The van der Waals surface area contributed by atoms with Crippen LogP contribution < -0.4 is 9.80 Å². The van der Waals surface area contributed by atoms with Gasteiger partial charge in [0.15, 0.2) is 0 Å². The number of anilines is 4. The molecule has 0 N–H and O–H groups in total. The molecule has 0 saturated carbocycles. The standard InChI is InChI=1S/C31H24N2/c1-3-9-24(10-4-1)26-15-19-28(20-16-26)32-23-33(31-14-8-7-13-30(31)32)29-21-17-27(18-22-29)25-11-5-2-6-12-25/h1-22H,23H2. The van der Waals surface area contributed by atoms with Crippen LogP contribution in [-0.4, -0.2) is 6.67 Å². The number of benzene rings is 5. The van der Waals surface area contributed by atoms with E-state index < -0.39 is 0 Å². The van der Waals surface area contributed by atoms with Crippen molar-refractivity contribution in [2.45, 2.75) is 0 Å². The van der Waals surface area contributed by atoms with Crippen LogP contribution in [-0.2, 0) is 0 Å². The zero-order valence-corrected chi connectivity index (χ0v) is 18.3. The summed E-state index contributed by atoms with van der Waals surface area (Å²) in [5.74, 6) is 0. The minimum absolute atomic E-state index is 0.786. The minimum atomic E-state index is 0.786. The molecular weight excluding hydrogens is 400 g/mol. The van der Waals surface area contributed by atoms with Gasteiger partial charge in [0.2, 0.25) is 0 Å². The maximum atomic E-state index is 2.38. The van der Waals surface area contributed by atoms with E-state index in [1.54, 1.807) is 0 Å². The number of para-hydroxylation sites is 2. The fourth-order valence-corrected chi connectivity index (χ4v) is 4.58. The van der Waals surface area contributed by atoms with E-state index in [9.17, 15) is 0 Å². The molecule has 0 bridgehead atoms. The van der Waals surface area contributed by atoms with Crippen molar-refractivity contribution in [1.29, 1.82) is 0 Å². The van der Waals surface area contributed by atoms with Gasteiger partial charge in [-0.3, -0.25) is 0 Å². The third kappa shape index (κ3) is 3.66. The lowest BCUT2D eigenvalue weighted by atomic mass is 10.1. The van der Waals surface area contributed by atoms with Gasteiger partial charge in [-0.1, -0.05) is 97.1 Å². The second kappa shape index (κ2) is 8.33. The van der Waals surface area contributed by atoms with Crippen LogP contribution in [0.4, 0.5) is 22.7 Å². The molecule has 0 saturated heterocycles. The second-order valence-corrected chi connectivity index (χ2v) is 8.31. The van der Waals surface area contributed by atoms with E-state index in [0.29, 0.717) is 0 Å². The van der Waals surface area contributed by atoms with E-state index >= 15 is 0 Å². The van der Waals surface area contributed by atoms with Crippen LogP contribution in [0.1, 0.15) is 0 Å². The molecule has 0 spiro atoms. The predicted molar refractivity (Wildman–Crippen MR) is 139 cm³/mol. The van der Waals surface area contributed by atoms with E-state index in [2.05, 4.69) is 143 Å². The molecule has 158 valence electrons. The van der Waals surface area contributed by atoms with E-state index in [4.69, 9.17) is 0 Å². The first-order valence-electron chi connectivity index (χ1n) is 11.3. The molecule has 5 aromatic carbocycles. The molecule has 2 heteroatoms. The van der Waals surface area contributed by atoms with Crippen LogP contribution in [0.15, 0.2) is 133 Å². The number of hydrogen-bond donors (Lipinski definition) is 0. The number of hydrogen-bond acceptors (Lipinski definition) is 2. The second-order valence-electron chi connectivity index (χ2n) is 8.31. The van der Waals surface area contributed by atoms with Crippen molar-refractivity contribution in [3.63, 3.8) is 0 Å². The van der Waals surface area contributed by atoms with Gasteiger partial charge in [-0.05, 0) is 58.7 Å². The minimum Gasteiger partial charge on any atom is -0.321 e. The highest BCUT2D eigenvalue weighted by Gasteiger charge is 2.27. The first kappa shape index (κ1) is 19.4. The summed E-state index contributed by atoms with van der Waals surface area (Å²) < 4.78 is 0. The Morgan fingerprint density at radius 2 is 0.667 bits per heavy atom. The molecule has 0 radical (unpaired) electrons. The van der Waals surface area contributed by atoms with E-state index in [0.717, 1.165) is 6.67 Å². The van der Waals surface area contributed by atoms with Gasteiger partial charge in [0.1, 0.15) is 6.67 Å². The summed E-state index contributed by atoms with van der Waals surface area (Å²) in [7, 11) is 0. The summed E-state index contributed by atoms with van der Waals surface area (Å²) >= 11 is 0. The SMILES string of the molecule is c1ccc(-c2ccc(N3CN(c4ccc(-c5ccccc5)cc4)c4ccccc43)cc2)cc1. The monoisotopic (exact) mass is 424 g/mol. The largest absolute Gasteiger partial charge is 0.321 e. The third-order valence-electron chi connectivity index (χ3n) is 6.32. The van der Waals surface area contributed by atoms with Gasteiger partial charge in [0.25, 0.3) is 0 Å². The molecule has 1 aliphatic heterocycles. The van der Waals surface area contributed by atoms with Crippen molar-refractivity contribution in [2.24, 2.45) is 0 Å². The summed E-state index contributed by atoms with van der Waals surface area (Å²) in [6, 6.07) is 47.5. The lowest BCUT2D eigenvalue weighted by Gasteiger charge is -2.22. The first-order valence-corrected chi connectivity index (χ1v) is 11.3. The zero-order chi connectivity index (χ0) is 22.0. The van der Waals surface area contributed by atoms with Crippen LogP contribution in [0.5, 0.6) is 0 Å². The van der Waals surface area contributed by atoms with Gasteiger partial charge in [-0.2, -0.15) is 0 Å². The summed E-state index contributed by atoms with van der Waals surface area (Å²) in [6.07, 6.45) is 0. The topological polar surface area (TPSA) is 6.48 Å². The Balaban J connectivity index is 1.31. The van der Waals surface area contributed by atoms with Gasteiger partial charge in [-0.25, -0.2) is 0 Å². The van der Waals surface area contributed by atoms with E-state index in [1.807, 2.05) is 0 Å². The third-order valence-corrected chi connectivity index (χ3v) is 6.32. The van der Waals surface area contributed by atoms with Gasteiger partial charge in [0, 0.05) is 11.4 Å². The summed E-state index contributed by atoms with van der Waals surface area (Å²) in [6.45, 7) is 0.786. The van der Waals surface area contributed by atoms with Crippen molar-refractivity contribution < 1.29 is 0 Å². The van der Waals surface area contributed by atoms with Crippen LogP contribution >= 0.6 is 0 Å². The molecule has 0 aliphatic carbocycles. The Labute approximate surface area is 195 Å². The maximum Gasteiger partial charge on any atom is 0.100 e. The van der Waals surface area contributed by atoms with Crippen LogP contribution in [0, 0.1) is 0 Å². The summed E-state index contributed by atoms with van der Waals surface area (Å²) in [5, 5.41) is 0. The summed E-state index contributed by atoms with van der Waals surface area (Å²) in [4.78, 5) is 4.77. The Hall–Kier alpha value is -4.30. The van der Waals surface area contributed by atoms with Crippen LogP contribution in [0.3, 0.4) is 0 Å². The Kier molecular flexibility index (Phi) is 4.89. The molecule has 0 fully saturated rings. The molecule has 6 rings (SSSR count). The van der Waals surface area contributed by atoms with Crippen molar-refractivity contribution in [2.75, 3.05) is 16.5 Å². The molecule has 1 heterocycles. The lowest BCUT2D eigenvalue weighted by Crippen LogP contribution is -2.23. The average molecular weight is 425 g/mol. The molecule has 0 unspecified atom stereocenters. The fourth-order valence-electron chi connectivity index (χ4n) is 4.58. The van der Waals surface area contributed by atoms with Gasteiger partial charge in [-0.15, -0.1) is 0 Å². The molecule has 0 atom stereocenters. The zero-order valence-electron chi connectivity index (χ0n) is 18.3. The van der Waals surface area contributed by atoms with Crippen molar-refractivity contribution >= 4 is 22.7 Å². The number of nitrogens with zero attached hydrogens (tertiary/aromatic N) is 2. The normalized spacial score (nSPS) is 12.6. The number of fused-ring (bicyclic) bond motifs is 1. The Bertz CT molecular complexity index is 1250. The lowest BCUT2D eigenvalue weighted by molar-refractivity contribution is 0.991. The van der Waals surface area contributed by atoms with Crippen molar-refractivity contribution in [3.8, 4) is 22.3 Å². The Morgan fingerprint density at radius 1 is 0.333 bits per heavy atom. The van der Waals surface area contributed by atoms with E-state index in [1.165, 1.54) is 45.0 Å². The maximum absolute atomic E-state index is 2.38. The first-order chi connectivity index (χ1) is 16.4. The molecular formula is C31H24N2. The molecule has 33 heavy (non-hydrogen) atoms. The molecule has 1 aliphatic rings. The van der Waals surface area contributed by atoms with Crippen LogP contribution in [0.25, 0.3) is 22.3 Å². The highest BCUT2D eigenvalue weighted by molar-refractivity contribution is 5.87. The van der Waals surface area contributed by atoms with Crippen LogP contribution in [0.2, 0.25) is 0 Å². The average Bonchev–Trinajstić information content (AvgIpc) is 3.30. The molecule has 5 aromatic rings. The molecule has 0 aromatic heterocycles. The smallest absolute Gasteiger partial charge is 0.100 e. The van der Waals surface area contributed by atoms with Gasteiger partial charge in [0.05, 0.1) is 11.4 Å². The Morgan fingerprint density at radius 3 is 1.06 bits per heavy atom. The van der Waals surface area contributed by atoms with Gasteiger partial charge >= 0.3 is 0 Å². The highest BCUT2D eigenvalue weighted by atomic mass is 15.4.